The molecule has 162 valence electrons. The summed E-state index contributed by atoms with van der Waals surface area (Å²) in [5.74, 6) is -0.0563. The van der Waals surface area contributed by atoms with E-state index in [9.17, 15) is 9.59 Å². The molecule has 2 heterocycles. The molecule has 4 rings (SSSR count). The van der Waals surface area contributed by atoms with Crippen molar-refractivity contribution in [3.05, 3.63) is 59.9 Å². The van der Waals surface area contributed by atoms with Gasteiger partial charge in [-0.05, 0) is 44.2 Å². The van der Waals surface area contributed by atoms with E-state index in [2.05, 4.69) is 17.0 Å². The van der Waals surface area contributed by atoms with Crippen molar-refractivity contribution in [3.8, 4) is 5.75 Å². The van der Waals surface area contributed by atoms with Gasteiger partial charge in [0.05, 0.1) is 7.11 Å². The SMILES string of the molecule is COc1ccc2oc(C(=O)O[C@H](C)C(=O)N3CCN(c4ccccc4)CC3)c(C)c2c1. The van der Waals surface area contributed by atoms with E-state index in [-0.39, 0.29) is 11.7 Å². The van der Waals surface area contributed by atoms with Gasteiger partial charge in [-0.25, -0.2) is 4.79 Å². The quantitative estimate of drug-likeness (QED) is 0.585. The fraction of sp³-hybridized carbons (Fsp3) is 0.333. The lowest BCUT2D eigenvalue weighted by Crippen LogP contribution is -2.51. The van der Waals surface area contributed by atoms with Crippen molar-refractivity contribution in [2.24, 2.45) is 0 Å². The number of esters is 1. The summed E-state index contributed by atoms with van der Waals surface area (Å²) in [6.07, 6.45) is -0.891. The zero-order valence-electron chi connectivity index (χ0n) is 18.0. The monoisotopic (exact) mass is 422 g/mol. The average Bonchev–Trinajstić information content (AvgIpc) is 3.15. The number of anilines is 1. The Bertz CT molecular complexity index is 1080. The molecule has 0 bridgehead atoms. The first-order chi connectivity index (χ1) is 15.0. The molecule has 1 aliphatic rings. The predicted octanol–water partition coefficient (Wildman–Crippen LogP) is 3.64. The summed E-state index contributed by atoms with van der Waals surface area (Å²) in [5.41, 5.74) is 2.38. The van der Waals surface area contributed by atoms with E-state index in [1.807, 2.05) is 24.3 Å². The molecule has 31 heavy (non-hydrogen) atoms. The third-order valence-corrected chi connectivity index (χ3v) is 5.67. The maximum Gasteiger partial charge on any atom is 0.375 e. The number of furan rings is 1. The number of piperazine rings is 1. The van der Waals surface area contributed by atoms with Crippen LogP contribution < -0.4 is 9.64 Å². The second kappa shape index (κ2) is 8.71. The predicted molar refractivity (Wildman–Crippen MR) is 118 cm³/mol. The van der Waals surface area contributed by atoms with Crippen LogP contribution in [0.25, 0.3) is 11.0 Å². The zero-order valence-corrected chi connectivity index (χ0v) is 18.0. The number of carbonyl (C=O) groups is 2. The van der Waals surface area contributed by atoms with Crippen LogP contribution >= 0.6 is 0 Å². The number of nitrogens with zero attached hydrogens (tertiary/aromatic N) is 2. The molecule has 0 saturated carbocycles. The normalized spacial score (nSPS) is 15.1. The maximum atomic E-state index is 12.8. The van der Waals surface area contributed by atoms with Crippen molar-refractivity contribution < 1.29 is 23.5 Å². The van der Waals surface area contributed by atoms with Crippen LogP contribution in [0.5, 0.6) is 5.75 Å². The average molecular weight is 422 g/mol. The van der Waals surface area contributed by atoms with Gasteiger partial charge in [-0.3, -0.25) is 4.79 Å². The van der Waals surface area contributed by atoms with Crippen LogP contribution in [-0.2, 0) is 9.53 Å². The highest BCUT2D eigenvalue weighted by atomic mass is 16.6. The van der Waals surface area contributed by atoms with E-state index in [4.69, 9.17) is 13.9 Å². The summed E-state index contributed by atoms with van der Waals surface area (Å²) >= 11 is 0. The van der Waals surface area contributed by atoms with Crippen molar-refractivity contribution in [1.82, 2.24) is 4.90 Å². The first kappa shape index (κ1) is 20.8. The van der Waals surface area contributed by atoms with Crippen molar-refractivity contribution >= 4 is 28.5 Å². The smallest absolute Gasteiger partial charge is 0.375 e. The fourth-order valence-electron chi connectivity index (χ4n) is 3.87. The molecule has 7 heteroatoms. The highest BCUT2D eigenvalue weighted by molar-refractivity contribution is 5.97. The summed E-state index contributed by atoms with van der Waals surface area (Å²) in [6.45, 7) is 6.03. The molecule has 0 unspecified atom stereocenters. The highest BCUT2D eigenvalue weighted by Gasteiger charge is 2.29. The number of amides is 1. The Morgan fingerprint density at radius 2 is 1.74 bits per heavy atom. The Balaban J connectivity index is 1.38. The van der Waals surface area contributed by atoms with Gasteiger partial charge in [-0.15, -0.1) is 0 Å². The molecule has 1 fully saturated rings. The number of hydrogen-bond acceptors (Lipinski definition) is 6. The van der Waals surface area contributed by atoms with Gasteiger partial charge in [0.25, 0.3) is 5.91 Å². The van der Waals surface area contributed by atoms with Gasteiger partial charge in [0.2, 0.25) is 5.76 Å². The first-order valence-corrected chi connectivity index (χ1v) is 10.3. The number of fused-ring (bicyclic) bond motifs is 1. The Labute approximate surface area is 181 Å². The first-order valence-electron chi connectivity index (χ1n) is 10.3. The molecular weight excluding hydrogens is 396 g/mol. The summed E-state index contributed by atoms with van der Waals surface area (Å²) in [6, 6.07) is 15.4. The molecule has 1 amide bonds. The molecule has 1 aliphatic heterocycles. The minimum absolute atomic E-state index is 0.108. The fourth-order valence-corrected chi connectivity index (χ4v) is 3.87. The van der Waals surface area contributed by atoms with Crippen LogP contribution in [0.2, 0.25) is 0 Å². The third kappa shape index (κ3) is 4.21. The Morgan fingerprint density at radius 1 is 1.03 bits per heavy atom. The van der Waals surface area contributed by atoms with Gasteiger partial charge in [0, 0.05) is 42.8 Å². The molecular formula is C24H26N2O5. The maximum absolute atomic E-state index is 12.8. The van der Waals surface area contributed by atoms with Crippen LogP contribution in [-0.4, -0.2) is 56.2 Å². The lowest BCUT2D eigenvalue weighted by molar-refractivity contribution is -0.140. The van der Waals surface area contributed by atoms with Crippen LogP contribution in [0.4, 0.5) is 5.69 Å². The highest BCUT2D eigenvalue weighted by Crippen LogP contribution is 2.29. The number of rotatable bonds is 5. The van der Waals surface area contributed by atoms with E-state index in [1.165, 1.54) is 0 Å². The third-order valence-electron chi connectivity index (χ3n) is 5.67. The molecule has 1 atom stereocenters. The lowest BCUT2D eigenvalue weighted by Gasteiger charge is -2.36. The molecule has 2 aromatic carbocycles. The number of aryl methyl sites for hydroxylation is 1. The lowest BCUT2D eigenvalue weighted by atomic mass is 10.1. The van der Waals surface area contributed by atoms with Crippen molar-refractivity contribution in [1.29, 1.82) is 0 Å². The molecule has 3 aromatic rings. The molecule has 0 spiro atoms. The van der Waals surface area contributed by atoms with Crippen molar-refractivity contribution in [3.63, 3.8) is 0 Å². The molecule has 7 nitrogen and oxygen atoms in total. The number of carbonyl (C=O) groups excluding carboxylic acids is 2. The minimum atomic E-state index is -0.891. The number of benzene rings is 2. The number of methoxy groups -OCH3 is 1. The largest absolute Gasteiger partial charge is 0.497 e. The van der Waals surface area contributed by atoms with E-state index in [1.54, 1.807) is 38.0 Å². The van der Waals surface area contributed by atoms with Crippen LogP contribution in [0, 0.1) is 6.92 Å². The standard InChI is InChI=1S/C24H26N2O5/c1-16-20-15-19(29-3)9-10-21(20)31-22(16)24(28)30-17(2)23(27)26-13-11-25(12-14-26)18-7-5-4-6-8-18/h4-10,15,17H,11-14H2,1-3H3/t17-/m1/s1. The van der Waals surface area contributed by atoms with Gasteiger partial charge >= 0.3 is 5.97 Å². The van der Waals surface area contributed by atoms with E-state index in [0.29, 0.717) is 30.0 Å². The van der Waals surface area contributed by atoms with Crippen LogP contribution in [0.15, 0.2) is 52.9 Å². The number of ether oxygens (including phenoxy) is 2. The second-order valence-corrected chi connectivity index (χ2v) is 7.61. The molecule has 0 aliphatic carbocycles. The van der Waals surface area contributed by atoms with Crippen molar-refractivity contribution in [2.45, 2.75) is 20.0 Å². The van der Waals surface area contributed by atoms with Crippen LogP contribution in [0.3, 0.4) is 0 Å². The van der Waals surface area contributed by atoms with Gasteiger partial charge in [0.1, 0.15) is 11.3 Å². The molecule has 0 N–H and O–H groups in total. The molecule has 0 radical (unpaired) electrons. The summed E-state index contributed by atoms with van der Waals surface area (Å²) in [4.78, 5) is 29.5. The van der Waals surface area contributed by atoms with Gasteiger partial charge in [-0.1, -0.05) is 18.2 Å². The van der Waals surface area contributed by atoms with Gasteiger partial charge < -0.3 is 23.7 Å². The number of para-hydroxylation sites is 1. The Kier molecular flexibility index (Phi) is 5.84. The molecule has 1 saturated heterocycles. The Hall–Kier alpha value is -3.48. The summed E-state index contributed by atoms with van der Waals surface area (Å²) < 4.78 is 16.4. The topological polar surface area (TPSA) is 72.2 Å². The molecule has 1 aromatic heterocycles. The van der Waals surface area contributed by atoms with E-state index in [0.717, 1.165) is 24.2 Å². The van der Waals surface area contributed by atoms with E-state index >= 15 is 0 Å². The minimum Gasteiger partial charge on any atom is -0.497 e. The number of hydrogen-bond donors (Lipinski definition) is 0. The summed E-state index contributed by atoms with van der Waals surface area (Å²) in [7, 11) is 1.58. The van der Waals surface area contributed by atoms with Crippen LogP contribution in [0.1, 0.15) is 23.0 Å². The van der Waals surface area contributed by atoms with Crippen molar-refractivity contribution in [2.75, 3.05) is 38.2 Å². The Morgan fingerprint density at radius 3 is 2.42 bits per heavy atom. The second-order valence-electron chi connectivity index (χ2n) is 7.61. The zero-order chi connectivity index (χ0) is 22.0. The van der Waals surface area contributed by atoms with Gasteiger partial charge in [0.15, 0.2) is 6.10 Å². The summed E-state index contributed by atoms with van der Waals surface area (Å²) in [5, 5.41) is 0.780. The van der Waals surface area contributed by atoms with E-state index < -0.39 is 12.1 Å². The van der Waals surface area contributed by atoms with Gasteiger partial charge in [-0.2, -0.15) is 0 Å².